The van der Waals surface area contributed by atoms with Gasteiger partial charge in [-0.25, -0.2) is 12.1 Å². The van der Waals surface area contributed by atoms with Crippen molar-refractivity contribution in [1.29, 1.82) is 0 Å². The van der Waals surface area contributed by atoms with Gasteiger partial charge in [0.2, 0.25) is 0 Å². The summed E-state index contributed by atoms with van der Waals surface area (Å²) in [6.07, 6.45) is 3.47. The van der Waals surface area contributed by atoms with Gasteiger partial charge in [-0.05, 0) is 24.7 Å². The summed E-state index contributed by atoms with van der Waals surface area (Å²) in [4.78, 5) is 0. The van der Waals surface area contributed by atoms with Crippen LogP contribution in [0.25, 0.3) is 10.8 Å². The van der Waals surface area contributed by atoms with E-state index in [9.17, 15) is 0 Å². The molecule has 0 radical (unpaired) electrons. The molecule has 0 saturated carbocycles. The number of benzene rings is 2. The summed E-state index contributed by atoms with van der Waals surface area (Å²) in [6.45, 7) is 4.76. The van der Waals surface area contributed by atoms with Crippen LogP contribution in [0.15, 0.2) is 84.9 Å². The average Bonchev–Trinajstić information content (AvgIpc) is 3.35. The molecular formula is C31H41Hf-7. The quantitative estimate of drug-likeness (QED) is 0.161. The van der Waals surface area contributed by atoms with Crippen LogP contribution in [0.2, 0.25) is 0 Å². The fourth-order valence-corrected chi connectivity index (χ4v) is 4.12. The van der Waals surface area contributed by atoms with Gasteiger partial charge in [-0.1, -0.05) is 60.9 Å². The molecule has 0 aliphatic heterocycles. The third-order valence-electron chi connectivity index (χ3n) is 5.31. The number of rotatable bonds is 2. The van der Waals surface area contributed by atoms with E-state index in [1.165, 1.54) is 34.7 Å². The molecule has 0 fully saturated rings. The number of fused-ring (bicyclic) bond motifs is 2. The van der Waals surface area contributed by atoms with E-state index in [1.807, 2.05) is 30.3 Å². The Morgan fingerprint density at radius 3 is 1.88 bits per heavy atom. The van der Waals surface area contributed by atoms with Gasteiger partial charge in [-0.15, -0.1) is 34.5 Å². The van der Waals surface area contributed by atoms with Crippen molar-refractivity contribution in [3.8, 4) is 0 Å². The SMILES string of the molecule is CC1(C)Cc2cc3cc[c-](Cc4ccccc4)c3cc2C1.[CH3-].[CH3-].[CH3-].[CH3-].[CH3-].[Hf].c1cc[cH-]c1. The van der Waals surface area contributed by atoms with E-state index in [2.05, 4.69) is 68.4 Å². The first-order chi connectivity index (χ1) is 12.6. The molecule has 5 rings (SSSR count). The molecule has 0 aromatic heterocycles. The fraction of sp³-hybridized carbons (Fsp3) is 0.194. The normalized spacial score (nSPS) is 11.9. The van der Waals surface area contributed by atoms with Crippen molar-refractivity contribution in [3.63, 3.8) is 0 Å². The molecule has 0 N–H and O–H groups in total. The van der Waals surface area contributed by atoms with Gasteiger partial charge in [-0.2, -0.15) is 24.3 Å². The van der Waals surface area contributed by atoms with Crippen LogP contribution in [0.4, 0.5) is 0 Å². The van der Waals surface area contributed by atoms with E-state index < -0.39 is 0 Å². The summed E-state index contributed by atoms with van der Waals surface area (Å²) in [5, 5.41) is 2.87. The van der Waals surface area contributed by atoms with Crippen LogP contribution >= 0.6 is 0 Å². The largest absolute Gasteiger partial charge is 0.358 e. The van der Waals surface area contributed by atoms with Crippen LogP contribution in [0.5, 0.6) is 0 Å². The molecule has 0 atom stereocenters. The monoisotopic (exact) mass is 593 g/mol. The predicted molar refractivity (Wildman–Crippen MR) is 144 cm³/mol. The van der Waals surface area contributed by atoms with E-state index in [0.29, 0.717) is 5.41 Å². The molecular weight excluding hydrogens is 551 g/mol. The molecule has 32 heavy (non-hydrogen) atoms. The smallest absolute Gasteiger partial charge is 0 e. The van der Waals surface area contributed by atoms with Gasteiger partial charge in [0.1, 0.15) is 0 Å². The zero-order valence-electron chi connectivity index (χ0n) is 21.2. The van der Waals surface area contributed by atoms with E-state index in [0.717, 1.165) is 6.42 Å². The standard InChI is InChI=1S/C21H21.C5H5.5CH3.Hf/c1-21(2)13-18-11-17-9-8-16(20(17)12-19(18)14-21)10-15-6-4-3-5-7-15;1-2-4-5-3-1;;;;;;/h3-9,11-12H,10,13-14H2,1-2H3;1-5H;5*1H3;/q7*-1;. The Hall–Kier alpha value is -1.73. The zero-order valence-corrected chi connectivity index (χ0v) is 24.8. The first-order valence-corrected chi connectivity index (χ1v) is 9.51. The number of hydrogen-bond acceptors (Lipinski definition) is 0. The summed E-state index contributed by atoms with van der Waals surface area (Å²) in [7, 11) is 0. The maximum atomic E-state index is 2.46. The van der Waals surface area contributed by atoms with Crippen molar-refractivity contribution in [3.05, 3.63) is 144 Å². The van der Waals surface area contributed by atoms with Gasteiger partial charge < -0.3 is 37.1 Å². The second-order valence-electron chi connectivity index (χ2n) is 8.21. The van der Waals surface area contributed by atoms with Gasteiger partial charge in [0.15, 0.2) is 0 Å². The molecule has 1 aliphatic rings. The molecule has 0 saturated heterocycles. The van der Waals surface area contributed by atoms with E-state index in [1.54, 1.807) is 11.1 Å². The third-order valence-corrected chi connectivity index (χ3v) is 5.31. The Labute approximate surface area is 218 Å². The molecule has 4 aromatic carbocycles. The van der Waals surface area contributed by atoms with Crippen LogP contribution in [-0.2, 0) is 45.1 Å². The molecule has 1 heteroatoms. The molecule has 176 valence electrons. The Morgan fingerprint density at radius 1 is 0.781 bits per heavy atom. The summed E-state index contributed by atoms with van der Waals surface area (Å²) in [5.41, 5.74) is 6.41. The third kappa shape index (κ3) is 8.32. The van der Waals surface area contributed by atoms with E-state index >= 15 is 0 Å². The molecule has 0 nitrogen and oxygen atoms in total. The molecule has 1 aliphatic carbocycles. The minimum Gasteiger partial charge on any atom is -0.358 e. The Balaban J connectivity index is -0.000000686. The van der Waals surface area contributed by atoms with Gasteiger partial charge >= 0.3 is 0 Å². The summed E-state index contributed by atoms with van der Waals surface area (Å²) < 4.78 is 0. The van der Waals surface area contributed by atoms with Crippen LogP contribution in [0.3, 0.4) is 0 Å². The van der Waals surface area contributed by atoms with Crippen molar-refractivity contribution < 1.29 is 25.8 Å². The summed E-state index contributed by atoms with van der Waals surface area (Å²) in [5.74, 6) is 0. The van der Waals surface area contributed by atoms with Crippen molar-refractivity contribution in [2.45, 2.75) is 33.1 Å². The van der Waals surface area contributed by atoms with Crippen molar-refractivity contribution >= 4 is 10.8 Å². The second-order valence-corrected chi connectivity index (χ2v) is 8.21. The molecule has 0 spiro atoms. The fourth-order valence-electron chi connectivity index (χ4n) is 4.12. The maximum Gasteiger partial charge on any atom is 0 e. The van der Waals surface area contributed by atoms with Gasteiger partial charge in [0.05, 0.1) is 0 Å². The average molecular weight is 592 g/mol. The summed E-state index contributed by atoms with van der Waals surface area (Å²) in [6, 6.07) is 30.2. The Morgan fingerprint density at radius 2 is 1.34 bits per heavy atom. The summed E-state index contributed by atoms with van der Waals surface area (Å²) >= 11 is 0. The molecule has 0 amide bonds. The Bertz CT molecular complexity index is 955. The van der Waals surface area contributed by atoms with Crippen molar-refractivity contribution in [2.24, 2.45) is 5.41 Å². The first-order valence-electron chi connectivity index (χ1n) is 9.51. The topological polar surface area (TPSA) is 0 Å². The maximum absolute atomic E-state index is 2.46. The molecule has 0 unspecified atom stereocenters. The predicted octanol–water partition coefficient (Wildman–Crippen LogP) is 8.93. The van der Waals surface area contributed by atoms with Crippen LogP contribution in [0, 0.1) is 42.5 Å². The second kappa shape index (κ2) is 15.2. The van der Waals surface area contributed by atoms with Crippen LogP contribution in [-0.4, -0.2) is 0 Å². The molecule has 0 heterocycles. The van der Waals surface area contributed by atoms with Crippen LogP contribution in [0.1, 0.15) is 36.1 Å². The first kappa shape index (κ1) is 34.9. The molecule has 4 aromatic rings. The number of hydrogen-bond donors (Lipinski definition) is 0. The van der Waals surface area contributed by atoms with Gasteiger partial charge in [0.25, 0.3) is 0 Å². The van der Waals surface area contributed by atoms with E-state index in [-0.39, 0.29) is 63.0 Å². The van der Waals surface area contributed by atoms with Gasteiger partial charge in [-0.3, -0.25) is 0 Å². The minimum absolute atomic E-state index is 0. The van der Waals surface area contributed by atoms with Gasteiger partial charge in [0, 0.05) is 25.8 Å². The Kier molecular flexibility index (Phi) is 16.5. The van der Waals surface area contributed by atoms with Crippen molar-refractivity contribution in [1.82, 2.24) is 0 Å². The molecule has 0 bridgehead atoms. The van der Waals surface area contributed by atoms with E-state index in [4.69, 9.17) is 0 Å². The van der Waals surface area contributed by atoms with Crippen molar-refractivity contribution in [2.75, 3.05) is 0 Å². The van der Waals surface area contributed by atoms with Crippen LogP contribution < -0.4 is 0 Å². The minimum atomic E-state index is 0. The zero-order chi connectivity index (χ0) is 18.0.